The van der Waals surface area contributed by atoms with Crippen LogP contribution in [0.25, 0.3) is 0 Å². The Bertz CT molecular complexity index is 568. The number of carbonyl (C=O) groups is 1. The first kappa shape index (κ1) is 13.8. The molecule has 2 fully saturated rings. The van der Waals surface area contributed by atoms with Gasteiger partial charge in [0.25, 0.3) is 11.6 Å². The number of anilines is 1. The zero-order valence-corrected chi connectivity index (χ0v) is 11.7. The molecular formula is C14H18N4O3. The second kappa shape index (κ2) is 5.31. The number of carbonyl (C=O) groups excluding carboxylic acids is 1. The quantitative estimate of drug-likeness (QED) is 0.636. The maximum Gasteiger partial charge on any atom is 0.288 e. The first-order valence-electron chi connectivity index (χ1n) is 7.23. The molecule has 0 saturated heterocycles. The van der Waals surface area contributed by atoms with Crippen molar-refractivity contribution in [3.8, 4) is 0 Å². The first-order chi connectivity index (χ1) is 10.0. The average Bonchev–Trinajstić information content (AvgIpc) is 3.32. The molecular weight excluding hydrogens is 272 g/mol. The maximum absolute atomic E-state index is 12.7. The minimum Gasteiger partial charge on any atom is -0.383 e. The lowest BCUT2D eigenvalue weighted by Gasteiger charge is -2.23. The standard InChI is InChI=1S/C14H18N4O3/c15-13-12(5-11(6-16-13)18(20)21)14(19)17(7-9-1-2-9)8-10-3-4-10/h5-6,9-10H,1-4,7-8H2,(H2,15,16). The van der Waals surface area contributed by atoms with E-state index in [9.17, 15) is 14.9 Å². The number of nitrogens with two attached hydrogens (primary N) is 1. The zero-order chi connectivity index (χ0) is 15.0. The normalized spacial score (nSPS) is 17.5. The van der Waals surface area contributed by atoms with Gasteiger partial charge in [-0.2, -0.15) is 0 Å². The lowest BCUT2D eigenvalue weighted by molar-refractivity contribution is -0.385. The Morgan fingerprint density at radius 3 is 2.38 bits per heavy atom. The van der Waals surface area contributed by atoms with Crippen molar-refractivity contribution in [1.82, 2.24) is 9.88 Å². The molecule has 21 heavy (non-hydrogen) atoms. The summed E-state index contributed by atoms with van der Waals surface area (Å²) < 4.78 is 0. The van der Waals surface area contributed by atoms with E-state index in [1.54, 1.807) is 4.90 Å². The summed E-state index contributed by atoms with van der Waals surface area (Å²) in [5.41, 5.74) is 5.68. The van der Waals surface area contributed by atoms with Crippen molar-refractivity contribution in [3.05, 3.63) is 27.9 Å². The van der Waals surface area contributed by atoms with Crippen molar-refractivity contribution >= 4 is 17.4 Å². The molecule has 2 aliphatic carbocycles. The Balaban J connectivity index is 1.82. The molecule has 7 nitrogen and oxygen atoms in total. The lowest BCUT2D eigenvalue weighted by atomic mass is 10.2. The molecule has 0 spiro atoms. The van der Waals surface area contributed by atoms with Crippen LogP contribution in [0.4, 0.5) is 11.5 Å². The molecule has 0 aromatic carbocycles. The van der Waals surface area contributed by atoms with E-state index in [1.807, 2.05) is 0 Å². The van der Waals surface area contributed by atoms with E-state index in [4.69, 9.17) is 5.73 Å². The van der Waals surface area contributed by atoms with Gasteiger partial charge in [-0.25, -0.2) is 4.98 Å². The van der Waals surface area contributed by atoms with E-state index < -0.39 is 4.92 Å². The summed E-state index contributed by atoms with van der Waals surface area (Å²) in [5.74, 6) is 0.964. The summed E-state index contributed by atoms with van der Waals surface area (Å²) in [6.07, 6.45) is 5.68. The highest BCUT2D eigenvalue weighted by atomic mass is 16.6. The second-order valence-electron chi connectivity index (χ2n) is 5.98. The molecule has 1 aromatic rings. The third-order valence-electron chi connectivity index (χ3n) is 3.98. The monoisotopic (exact) mass is 290 g/mol. The van der Waals surface area contributed by atoms with Gasteiger partial charge in [-0.15, -0.1) is 0 Å². The van der Waals surface area contributed by atoms with Crippen molar-refractivity contribution < 1.29 is 9.72 Å². The summed E-state index contributed by atoms with van der Waals surface area (Å²) in [6, 6.07) is 1.23. The highest BCUT2D eigenvalue weighted by Crippen LogP contribution is 2.34. The van der Waals surface area contributed by atoms with Gasteiger partial charge in [0.2, 0.25) is 0 Å². The van der Waals surface area contributed by atoms with Crippen LogP contribution in [-0.2, 0) is 0 Å². The predicted octanol–water partition coefficient (Wildman–Crippen LogP) is 1.83. The van der Waals surface area contributed by atoms with Crippen LogP contribution in [0.1, 0.15) is 36.0 Å². The van der Waals surface area contributed by atoms with E-state index in [0.29, 0.717) is 11.8 Å². The van der Waals surface area contributed by atoms with Crippen LogP contribution in [0, 0.1) is 22.0 Å². The molecule has 0 unspecified atom stereocenters. The molecule has 0 bridgehead atoms. The van der Waals surface area contributed by atoms with E-state index in [-0.39, 0.29) is 23.0 Å². The fraction of sp³-hybridized carbons (Fsp3) is 0.571. The SMILES string of the molecule is Nc1ncc([N+](=O)[O-])cc1C(=O)N(CC1CC1)CC1CC1. The van der Waals surface area contributed by atoms with Crippen LogP contribution in [-0.4, -0.2) is 33.8 Å². The molecule has 0 radical (unpaired) electrons. The van der Waals surface area contributed by atoms with Gasteiger partial charge in [-0.1, -0.05) is 0 Å². The minimum atomic E-state index is -0.560. The van der Waals surface area contributed by atoms with E-state index in [1.165, 1.54) is 6.07 Å². The van der Waals surface area contributed by atoms with Gasteiger partial charge in [0.1, 0.15) is 12.0 Å². The largest absolute Gasteiger partial charge is 0.383 e. The molecule has 2 saturated carbocycles. The number of hydrogen-bond acceptors (Lipinski definition) is 5. The fourth-order valence-electron chi connectivity index (χ4n) is 2.37. The van der Waals surface area contributed by atoms with Crippen LogP contribution in [0.2, 0.25) is 0 Å². The lowest BCUT2D eigenvalue weighted by Crippen LogP contribution is -2.35. The number of nitrogen functional groups attached to an aromatic ring is 1. The molecule has 7 heteroatoms. The van der Waals surface area contributed by atoms with Gasteiger partial charge in [0, 0.05) is 19.2 Å². The highest BCUT2D eigenvalue weighted by Gasteiger charge is 2.33. The number of nitrogens with zero attached hydrogens (tertiary/aromatic N) is 3. The Morgan fingerprint density at radius 2 is 1.90 bits per heavy atom. The third kappa shape index (κ3) is 3.29. The van der Waals surface area contributed by atoms with Crippen molar-refractivity contribution in [1.29, 1.82) is 0 Å². The number of aromatic nitrogens is 1. The van der Waals surface area contributed by atoms with Crippen LogP contribution < -0.4 is 5.73 Å². The van der Waals surface area contributed by atoms with Crippen LogP contribution in [0.3, 0.4) is 0 Å². The molecule has 3 rings (SSSR count). The van der Waals surface area contributed by atoms with Gasteiger partial charge in [0.05, 0.1) is 10.5 Å². The summed E-state index contributed by atoms with van der Waals surface area (Å²) in [5, 5.41) is 10.8. The van der Waals surface area contributed by atoms with E-state index in [2.05, 4.69) is 4.98 Å². The fourth-order valence-corrected chi connectivity index (χ4v) is 2.37. The van der Waals surface area contributed by atoms with Crippen molar-refractivity contribution in [2.75, 3.05) is 18.8 Å². The average molecular weight is 290 g/mol. The molecule has 0 aliphatic heterocycles. The number of rotatable bonds is 6. The second-order valence-corrected chi connectivity index (χ2v) is 5.98. The number of pyridine rings is 1. The molecule has 1 amide bonds. The number of nitro groups is 1. The topological polar surface area (TPSA) is 102 Å². The molecule has 2 N–H and O–H groups in total. The van der Waals surface area contributed by atoms with Gasteiger partial charge < -0.3 is 10.6 Å². The van der Waals surface area contributed by atoms with Gasteiger partial charge in [0.15, 0.2) is 0 Å². The number of hydrogen-bond donors (Lipinski definition) is 1. The molecule has 2 aliphatic rings. The molecule has 112 valence electrons. The summed E-state index contributed by atoms with van der Waals surface area (Å²) in [6.45, 7) is 1.44. The Kier molecular flexibility index (Phi) is 3.48. The predicted molar refractivity (Wildman–Crippen MR) is 76.7 cm³/mol. The minimum absolute atomic E-state index is 0.0576. The van der Waals surface area contributed by atoms with Crippen LogP contribution in [0.5, 0.6) is 0 Å². The first-order valence-corrected chi connectivity index (χ1v) is 7.23. The molecule has 1 heterocycles. The van der Waals surface area contributed by atoms with E-state index in [0.717, 1.165) is 45.0 Å². The summed E-state index contributed by atoms with van der Waals surface area (Å²) >= 11 is 0. The van der Waals surface area contributed by atoms with Crippen LogP contribution >= 0.6 is 0 Å². The third-order valence-corrected chi connectivity index (χ3v) is 3.98. The summed E-state index contributed by atoms with van der Waals surface area (Å²) in [7, 11) is 0. The van der Waals surface area contributed by atoms with Crippen LogP contribution in [0.15, 0.2) is 12.3 Å². The van der Waals surface area contributed by atoms with Gasteiger partial charge >= 0.3 is 0 Å². The summed E-state index contributed by atoms with van der Waals surface area (Å²) in [4.78, 5) is 28.5. The van der Waals surface area contributed by atoms with Gasteiger partial charge in [-0.3, -0.25) is 14.9 Å². The van der Waals surface area contributed by atoms with Crippen molar-refractivity contribution in [2.24, 2.45) is 11.8 Å². The van der Waals surface area contributed by atoms with E-state index >= 15 is 0 Å². The Hall–Kier alpha value is -2.18. The molecule has 0 atom stereocenters. The molecule has 1 aromatic heterocycles. The number of amides is 1. The highest BCUT2D eigenvalue weighted by molar-refractivity contribution is 5.98. The van der Waals surface area contributed by atoms with Gasteiger partial charge in [-0.05, 0) is 37.5 Å². The van der Waals surface area contributed by atoms with Crippen molar-refractivity contribution in [3.63, 3.8) is 0 Å². The van der Waals surface area contributed by atoms with Crippen molar-refractivity contribution in [2.45, 2.75) is 25.7 Å². The zero-order valence-electron chi connectivity index (χ0n) is 11.7. The Morgan fingerprint density at radius 1 is 1.33 bits per heavy atom. The maximum atomic E-state index is 12.7. The smallest absolute Gasteiger partial charge is 0.288 e. The Labute approximate surface area is 122 Å².